The van der Waals surface area contributed by atoms with E-state index in [-0.39, 0.29) is 0 Å². The van der Waals surface area contributed by atoms with Crippen molar-refractivity contribution in [3.05, 3.63) is 36.1 Å². The summed E-state index contributed by atoms with van der Waals surface area (Å²) in [4.78, 5) is 0. The molecule has 1 N–H and O–H groups in total. The molecular weight excluding hydrogens is 174 g/mol. The summed E-state index contributed by atoms with van der Waals surface area (Å²) in [5.74, 6) is 0. The average molecular weight is 189 g/mol. The van der Waals surface area contributed by atoms with Crippen LogP contribution in [0.4, 0.5) is 0 Å². The molecule has 74 valence electrons. The van der Waals surface area contributed by atoms with Gasteiger partial charge >= 0.3 is 0 Å². The van der Waals surface area contributed by atoms with E-state index in [2.05, 4.69) is 30.4 Å². The van der Waals surface area contributed by atoms with Crippen LogP contribution in [0, 0.1) is 0 Å². The Morgan fingerprint density at radius 1 is 1.36 bits per heavy atom. The van der Waals surface area contributed by atoms with Crippen molar-refractivity contribution in [1.82, 2.24) is 5.32 Å². The second kappa shape index (κ2) is 3.84. The average Bonchev–Trinajstić information content (AvgIpc) is 2.64. The highest BCUT2D eigenvalue weighted by atomic mass is 16.3. The van der Waals surface area contributed by atoms with Crippen LogP contribution in [-0.4, -0.2) is 13.1 Å². The third-order valence-corrected chi connectivity index (χ3v) is 2.56. The Hall–Kier alpha value is -1.28. The van der Waals surface area contributed by atoms with E-state index in [0.717, 1.165) is 12.0 Å². The number of fused-ring (bicyclic) bond motifs is 1. The van der Waals surface area contributed by atoms with E-state index in [1.54, 1.807) is 6.26 Å². The third kappa shape index (κ3) is 1.80. The predicted octanol–water partition coefficient (Wildman–Crippen LogP) is 2.58. The van der Waals surface area contributed by atoms with Crippen LogP contribution in [0.25, 0.3) is 11.0 Å². The lowest BCUT2D eigenvalue weighted by Gasteiger charge is -2.09. The molecule has 2 aromatic rings. The van der Waals surface area contributed by atoms with Crippen LogP contribution in [0.5, 0.6) is 0 Å². The first-order chi connectivity index (χ1) is 6.79. The van der Waals surface area contributed by atoms with E-state index >= 15 is 0 Å². The van der Waals surface area contributed by atoms with Gasteiger partial charge in [0.25, 0.3) is 0 Å². The number of nitrogens with one attached hydrogen (secondary N) is 1. The van der Waals surface area contributed by atoms with Crippen molar-refractivity contribution in [2.45, 2.75) is 19.4 Å². The highest BCUT2D eigenvalue weighted by molar-refractivity contribution is 5.77. The van der Waals surface area contributed by atoms with Crippen LogP contribution in [0.3, 0.4) is 0 Å². The Labute approximate surface area is 83.9 Å². The first-order valence-electron chi connectivity index (χ1n) is 4.93. The molecular formula is C12H15NO. The van der Waals surface area contributed by atoms with Crippen molar-refractivity contribution in [1.29, 1.82) is 0 Å². The molecule has 0 bridgehead atoms. The predicted molar refractivity (Wildman–Crippen MR) is 58.4 cm³/mol. The Kier molecular flexibility index (Phi) is 2.55. The summed E-state index contributed by atoms with van der Waals surface area (Å²) in [5.41, 5.74) is 2.29. The molecule has 14 heavy (non-hydrogen) atoms. The molecule has 0 aliphatic heterocycles. The fourth-order valence-corrected chi connectivity index (χ4v) is 1.58. The Morgan fingerprint density at radius 3 is 3.00 bits per heavy atom. The number of rotatable bonds is 3. The quantitative estimate of drug-likeness (QED) is 0.802. The van der Waals surface area contributed by atoms with E-state index in [0.29, 0.717) is 6.04 Å². The monoisotopic (exact) mass is 189 g/mol. The minimum absolute atomic E-state index is 0.502. The molecule has 0 radical (unpaired) electrons. The molecule has 0 saturated heterocycles. The van der Waals surface area contributed by atoms with Gasteiger partial charge in [0.2, 0.25) is 0 Å². The molecule has 1 aromatic heterocycles. The van der Waals surface area contributed by atoms with Crippen molar-refractivity contribution in [3.8, 4) is 0 Å². The summed E-state index contributed by atoms with van der Waals surface area (Å²) >= 11 is 0. The zero-order chi connectivity index (χ0) is 9.97. The van der Waals surface area contributed by atoms with Crippen LogP contribution in [0.1, 0.15) is 12.5 Å². The van der Waals surface area contributed by atoms with Gasteiger partial charge in [0, 0.05) is 11.4 Å². The van der Waals surface area contributed by atoms with Crippen LogP contribution < -0.4 is 5.32 Å². The largest absolute Gasteiger partial charge is 0.464 e. The molecule has 1 aromatic carbocycles. The first-order valence-corrected chi connectivity index (χ1v) is 4.93. The second-order valence-corrected chi connectivity index (χ2v) is 3.69. The maximum absolute atomic E-state index is 5.35. The van der Waals surface area contributed by atoms with Gasteiger partial charge < -0.3 is 9.73 Å². The molecule has 2 nitrogen and oxygen atoms in total. The number of furan rings is 1. The van der Waals surface area contributed by atoms with Crippen LogP contribution in [0.15, 0.2) is 34.9 Å². The van der Waals surface area contributed by atoms with E-state index in [1.807, 2.05) is 13.1 Å². The summed E-state index contributed by atoms with van der Waals surface area (Å²) in [6.45, 7) is 2.17. The van der Waals surface area contributed by atoms with Crippen LogP contribution >= 0.6 is 0 Å². The zero-order valence-corrected chi connectivity index (χ0v) is 8.58. The zero-order valence-electron chi connectivity index (χ0n) is 8.58. The molecule has 2 heteroatoms. The van der Waals surface area contributed by atoms with Crippen molar-refractivity contribution in [2.75, 3.05) is 7.05 Å². The summed E-state index contributed by atoms with van der Waals surface area (Å²) in [6.07, 6.45) is 2.77. The topological polar surface area (TPSA) is 25.2 Å². The lowest BCUT2D eigenvalue weighted by molar-refractivity contribution is 0.602. The molecule has 1 heterocycles. The minimum atomic E-state index is 0.502. The molecule has 2 rings (SSSR count). The summed E-state index contributed by atoms with van der Waals surface area (Å²) < 4.78 is 5.35. The van der Waals surface area contributed by atoms with E-state index < -0.39 is 0 Å². The maximum Gasteiger partial charge on any atom is 0.134 e. The van der Waals surface area contributed by atoms with Gasteiger partial charge in [-0.25, -0.2) is 0 Å². The standard InChI is InChI=1S/C12H15NO/c1-9(13-2)7-10-3-4-11-5-6-14-12(11)8-10/h3-6,8-9,13H,7H2,1-2H3. The van der Waals surface area contributed by atoms with Gasteiger partial charge in [-0.05, 0) is 38.1 Å². The van der Waals surface area contributed by atoms with Gasteiger partial charge in [-0.3, -0.25) is 0 Å². The molecule has 0 amide bonds. The highest BCUT2D eigenvalue weighted by Crippen LogP contribution is 2.17. The van der Waals surface area contributed by atoms with Crippen molar-refractivity contribution >= 4 is 11.0 Å². The third-order valence-electron chi connectivity index (χ3n) is 2.56. The van der Waals surface area contributed by atoms with Gasteiger partial charge in [-0.2, -0.15) is 0 Å². The Bertz CT molecular complexity index is 419. The molecule has 0 fully saturated rings. The van der Waals surface area contributed by atoms with Gasteiger partial charge in [0.05, 0.1) is 6.26 Å². The van der Waals surface area contributed by atoms with Gasteiger partial charge in [0.1, 0.15) is 5.58 Å². The molecule has 1 unspecified atom stereocenters. The number of likely N-dealkylation sites (N-methyl/N-ethyl adjacent to an activating group) is 1. The second-order valence-electron chi connectivity index (χ2n) is 3.69. The number of benzene rings is 1. The van der Waals surface area contributed by atoms with Crippen molar-refractivity contribution in [3.63, 3.8) is 0 Å². The van der Waals surface area contributed by atoms with Crippen molar-refractivity contribution < 1.29 is 4.42 Å². The first kappa shape index (κ1) is 9.28. The lowest BCUT2D eigenvalue weighted by Crippen LogP contribution is -2.23. The molecule has 0 aliphatic rings. The van der Waals surface area contributed by atoms with E-state index in [1.165, 1.54) is 10.9 Å². The smallest absolute Gasteiger partial charge is 0.134 e. The van der Waals surface area contributed by atoms with Crippen LogP contribution in [-0.2, 0) is 6.42 Å². The molecule has 0 saturated carbocycles. The lowest BCUT2D eigenvalue weighted by atomic mass is 10.1. The molecule has 1 atom stereocenters. The van der Waals surface area contributed by atoms with Gasteiger partial charge in [-0.1, -0.05) is 12.1 Å². The van der Waals surface area contributed by atoms with E-state index in [9.17, 15) is 0 Å². The van der Waals surface area contributed by atoms with Crippen LogP contribution in [0.2, 0.25) is 0 Å². The van der Waals surface area contributed by atoms with Gasteiger partial charge in [0.15, 0.2) is 0 Å². The maximum atomic E-state index is 5.35. The SMILES string of the molecule is CNC(C)Cc1ccc2ccoc2c1. The summed E-state index contributed by atoms with van der Waals surface area (Å²) in [6, 6.07) is 8.87. The fraction of sp³-hybridized carbons (Fsp3) is 0.333. The molecule has 0 spiro atoms. The number of hydrogen-bond donors (Lipinski definition) is 1. The fourth-order valence-electron chi connectivity index (χ4n) is 1.58. The number of hydrogen-bond acceptors (Lipinski definition) is 2. The Morgan fingerprint density at radius 2 is 2.21 bits per heavy atom. The summed E-state index contributed by atoms with van der Waals surface area (Å²) in [5, 5.41) is 4.40. The summed E-state index contributed by atoms with van der Waals surface area (Å²) in [7, 11) is 1.98. The van der Waals surface area contributed by atoms with Gasteiger partial charge in [-0.15, -0.1) is 0 Å². The van der Waals surface area contributed by atoms with Crippen molar-refractivity contribution in [2.24, 2.45) is 0 Å². The molecule has 0 aliphatic carbocycles. The Balaban J connectivity index is 2.25. The van der Waals surface area contributed by atoms with E-state index in [4.69, 9.17) is 4.42 Å². The minimum Gasteiger partial charge on any atom is -0.464 e. The normalized spacial score (nSPS) is 13.3. The highest BCUT2D eigenvalue weighted by Gasteiger charge is 2.02.